The average Bonchev–Trinajstić information content (AvgIpc) is 2.62. The van der Waals surface area contributed by atoms with E-state index in [0.29, 0.717) is 5.75 Å². The van der Waals surface area contributed by atoms with Crippen molar-refractivity contribution in [2.75, 3.05) is 19.7 Å². The van der Waals surface area contributed by atoms with Crippen LogP contribution < -0.4 is 15.4 Å². The summed E-state index contributed by atoms with van der Waals surface area (Å²) >= 11 is 0. The average molecular weight is 358 g/mol. The molecule has 0 bridgehead atoms. The molecule has 2 aromatic carbocycles. The van der Waals surface area contributed by atoms with Gasteiger partial charge < -0.3 is 15.4 Å². The van der Waals surface area contributed by atoms with Gasteiger partial charge in [0.25, 0.3) is 11.8 Å². The number of hydrogen-bond donors (Lipinski definition) is 2. The van der Waals surface area contributed by atoms with Crippen LogP contribution in [0.1, 0.15) is 27.0 Å². The van der Waals surface area contributed by atoms with Crippen LogP contribution in [-0.4, -0.2) is 31.5 Å². The summed E-state index contributed by atoms with van der Waals surface area (Å²) in [4.78, 5) is 23.7. The summed E-state index contributed by atoms with van der Waals surface area (Å²) in [5.74, 6) is -0.663. The number of halogens is 1. The maximum atomic E-state index is 13.5. The van der Waals surface area contributed by atoms with Crippen LogP contribution in [0.5, 0.6) is 5.75 Å². The Labute approximate surface area is 152 Å². The van der Waals surface area contributed by atoms with Gasteiger partial charge in [-0.25, -0.2) is 4.39 Å². The van der Waals surface area contributed by atoms with Gasteiger partial charge in [0.1, 0.15) is 11.6 Å². The summed E-state index contributed by atoms with van der Waals surface area (Å²) in [5.41, 5.74) is 3.06. The molecule has 0 saturated heterocycles. The molecule has 0 heterocycles. The first-order valence-corrected chi connectivity index (χ1v) is 8.39. The van der Waals surface area contributed by atoms with Crippen LogP contribution in [0, 0.1) is 26.6 Å². The van der Waals surface area contributed by atoms with E-state index < -0.39 is 11.7 Å². The fourth-order valence-corrected chi connectivity index (χ4v) is 2.45. The van der Waals surface area contributed by atoms with Gasteiger partial charge in [-0.15, -0.1) is 0 Å². The van der Waals surface area contributed by atoms with E-state index in [2.05, 4.69) is 10.6 Å². The third-order valence-corrected chi connectivity index (χ3v) is 4.07. The number of rotatable bonds is 7. The molecule has 2 rings (SSSR count). The van der Waals surface area contributed by atoms with Crippen molar-refractivity contribution >= 4 is 11.8 Å². The maximum absolute atomic E-state index is 13.5. The number of carbonyl (C=O) groups excluding carboxylic acids is 2. The molecule has 2 amide bonds. The zero-order valence-corrected chi connectivity index (χ0v) is 15.2. The van der Waals surface area contributed by atoms with Crippen LogP contribution in [0.2, 0.25) is 0 Å². The number of aryl methyl sites for hydroxylation is 2. The van der Waals surface area contributed by atoms with E-state index in [-0.39, 0.29) is 31.2 Å². The lowest BCUT2D eigenvalue weighted by molar-refractivity contribution is -0.123. The molecule has 0 radical (unpaired) electrons. The molecule has 138 valence electrons. The summed E-state index contributed by atoms with van der Waals surface area (Å²) in [7, 11) is 0. The smallest absolute Gasteiger partial charge is 0.258 e. The van der Waals surface area contributed by atoms with E-state index in [0.717, 1.165) is 16.7 Å². The predicted octanol–water partition coefficient (Wildman–Crippen LogP) is 2.68. The van der Waals surface area contributed by atoms with E-state index in [9.17, 15) is 14.0 Å². The van der Waals surface area contributed by atoms with Crippen LogP contribution in [0.3, 0.4) is 0 Å². The van der Waals surface area contributed by atoms with Crippen molar-refractivity contribution in [2.24, 2.45) is 0 Å². The highest BCUT2D eigenvalue weighted by Crippen LogP contribution is 2.25. The lowest BCUT2D eigenvalue weighted by Crippen LogP contribution is -2.37. The molecule has 0 aliphatic carbocycles. The Morgan fingerprint density at radius 3 is 2.35 bits per heavy atom. The van der Waals surface area contributed by atoms with E-state index in [1.54, 1.807) is 6.07 Å². The molecule has 0 spiro atoms. The number of amides is 2. The van der Waals surface area contributed by atoms with Gasteiger partial charge >= 0.3 is 0 Å². The van der Waals surface area contributed by atoms with Gasteiger partial charge in [0, 0.05) is 13.1 Å². The monoisotopic (exact) mass is 358 g/mol. The Kier molecular flexibility index (Phi) is 6.72. The van der Waals surface area contributed by atoms with Crippen molar-refractivity contribution in [1.29, 1.82) is 0 Å². The highest BCUT2D eigenvalue weighted by molar-refractivity contribution is 5.94. The minimum absolute atomic E-state index is 0.0208. The fourth-order valence-electron chi connectivity index (χ4n) is 2.45. The summed E-state index contributed by atoms with van der Waals surface area (Å²) in [6.07, 6.45) is 0. The second-order valence-corrected chi connectivity index (χ2v) is 6.03. The van der Waals surface area contributed by atoms with Crippen molar-refractivity contribution in [2.45, 2.75) is 20.8 Å². The van der Waals surface area contributed by atoms with Crippen LogP contribution in [-0.2, 0) is 4.79 Å². The summed E-state index contributed by atoms with van der Waals surface area (Å²) < 4.78 is 19.1. The van der Waals surface area contributed by atoms with E-state index in [1.807, 2.05) is 32.9 Å². The number of nitrogens with one attached hydrogen (secondary N) is 2. The zero-order chi connectivity index (χ0) is 19.1. The quantitative estimate of drug-likeness (QED) is 0.748. The van der Waals surface area contributed by atoms with Gasteiger partial charge in [0.05, 0.1) is 5.56 Å². The van der Waals surface area contributed by atoms with Crippen molar-refractivity contribution in [3.63, 3.8) is 0 Å². The van der Waals surface area contributed by atoms with Crippen LogP contribution in [0.15, 0.2) is 36.4 Å². The topological polar surface area (TPSA) is 67.4 Å². The summed E-state index contributed by atoms with van der Waals surface area (Å²) in [5, 5.41) is 5.22. The van der Waals surface area contributed by atoms with Crippen molar-refractivity contribution in [1.82, 2.24) is 10.6 Å². The molecule has 6 heteroatoms. The third-order valence-electron chi connectivity index (χ3n) is 4.07. The molecule has 0 aromatic heterocycles. The van der Waals surface area contributed by atoms with Gasteiger partial charge in [-0.1, -0.05) is 24.3 Å². The van der Waals surface area contributed by atoms with Gasteiger partial charge in [-0.2, -0.15) is 0 Å². The van der Waals surface area contributed by atoms with Crippen LogP contribution >= 0.6 is 0 Å². The van der Waals surface area contributed by atoms with E-state index >= 15 is 0 Å². The standard InChI is InChI=1S/C20H23FN2O3/c1-13-8-9-14(2)19(15(13)3)26-12-18(24)22-10-11-23-20(25)16-6-4-5-7-17(16)21/h4-9H,10-12H2,1-3H3,(H,22,24)(H,23,25). The first-order chi connectivity index (χ1) is 12.4. The molecule has 0 unspecified atom stereocenters. The van der Waals surface area contributed by atoms with Gasteiger partial charge in [-0.3, -0.25) is 9.59 Å². The first kappa shape index (κ1) is 19.4. The highest BCUT2D eigenvalue weighted by atomic mass is 19.1. The summed E-state index contributed by atoms with van der Waals surface area (Å²) in [6.45, 7) is 6.19. The lowest BCUT2D eigenvalue weighted by Gasteiger charge is -2.14. The summed E-state index contributed by atoms with van der Waals surface area (Å²) in [6, 6.07) is 9.70. The molecule has 5 nitrogen and oxygen atoms in total. The van der Waals surface area contributed by atoms with Crippen molar-refractivity contribution in [3.05, 3.63) is 64.5 Å². The van der Waals surface area contributed by atoms with Crippen molar-refractivity contribution in [3.8, 4) is 5.75 Å². The van der Waals surface area contributed by atoms with Gasteiger partial charge in [0.15, 0.2) is 6.61 Å². The number of ether oxygens (including phenoxy) is 1. The Hall–Kier alpha value is -2.89. The van der Waals surface area contributed by atoms with Crippen LogP contribution in [0.25, 0.3) is 0 Å². The maximum Gasteiger partial charge on any atom is 0.258 e. The molecule has 0 saturated carbocycles. The normalized spacial score (nSPS) is 10.3. The first-order valence-electron chi connectivity index (χ1n) is 8.39. The number of benzene rings is 2. The molecule has 0 aliphatic heterocycles. The van der Waals surface area contributed by atoms with Gasteiger partial charge in [0.2, 0.25) is 0 Å². The van der Waals surface area contributed by atoms with E-state index in [1.165, 1.54) is 18.2 Å². The number of carbonyl (C=O) groups is 2. The Morgan fingerprint density at radius 1 is 0.962 bits per heavy atom. The Bertz CT molecular complexity index is 806. The number of hydrogen-bond acceptors (Lipinski definition) is 3. The largest absolute Gasteiger partial charge is 0.483 e. The second-order valence-electron chi connectivity index (χ2n) is 6.03. The third kappa shape index (κ3) is 5.05. The Morgan fingerprint density at radius 2 is 1.62 bits per heavy atom. The predicted molar refractivity (Wildman–Crippen MR) is 97.9 cm³/mol. The SMILES string of the molecule is Cc1ccc(C)c(OCC(=O)NCCNC(=O)c2ccccc2F)c1C. The molecule has 0 fully saturated rings. The minimum Gasteiger partial charge on any atom is -0.483 e. The molecular weight excluding hydrogens is 335 g/mol. The second kappa shape index (κ2) is 8.99. The molecule has 2 aromatic rings. The molecular formula is C20H23FN2O3. The Balaban J connectivity index is 1.74. The minimum atomic E-state index is -0.577. The molecule has 26 heavy (non-hydrogen) atoms. The van der Waals surface area contributed by atoms with Crippen molar-refractivity contribution < 1.29 is 18.7 Å². The lowest BCUT2D eigenvalue weighted by atomic mass is 10.1. The zero-order valence-electron chi connectivity index (χ0n) is 15.2. The van der Waals surface area contributed by atoms with E-state index in [4.69, 9.17) is 4.74 Å². The molecule has 2 N–H and O–H groups in total. The molecule has 0 atom stereocenters. The molecule has 0 aliphatic rings. The highest BCUT2D eigenvalue weighted by Gasteiger charge is 2.11. The van der Waals surface area contributed by atoms with Gasteiger partial charge in [-0.05, 0) is 49.6 Å². The fraction of sp³-hybridized carbons (Fsp3) is 0.300. The van der Waals surface area contributed by atoms with Crippen LogP contribution in [0.4, 0.5) is 4.39 Å².